The highest BCUT2D eigenvalue weighted by Crippen LogP contribution is 2.36. The van der Waals surface area contributed by atoms with E-state index >= 15 is 0 Å². The Hall–Kier alpha value is -1.84. The van der Waals surface area contributed by atoms with Crippen LogP contribution in [0.5, 0.6) is 0 Å². The van der Waals surface area contributed by atoms with E-state index in [0.717, 1.165) is 24.8 Å². The van der Waals surface area contributed by atoms with Gasteiger partial charge in [-0.25, -0.2) is 0 Å². The SMILES string of the molecule is CCCCC(C)C(=O)N1CCC(C(=O)O)(c2ccccc2)CC1. The van der Waals surface area contributed by atoms with Crippen molar-refractivity contribution in [2.24, 2.45) is 5.92 Å². The number of benzene rings is 1. The van der Waals surface area contributed by atoms with Crippen molar-refractivity contribution in [1.29, 1.82) is 0 Å². The van der Waals surface area contributed by atoms with E-state index < -0.39 is 11.4 Å². The maximum Gasteiger partial charge on any atom is 0.314 e. The van der Waals surface area contributed by atoms with Crippen molar-refractivity contribution in [2.75, 3.05) is 13.1 Å². The zero-order chi connectivity index (χ0) is 16.9. The van der Waals surface area contributed by atoms with Crippen LogP contribution in [0.1, 0.15) is 51.5 Å². The number of nitrogens with zero attached hydrogens (tertiary/aromatic N) is 1. The van der Waals surface area contributed by atoms with E-state index in [1.54, 1.807) is 0 Å². The summed E-state index contributed by atoms with van der Waals surface area (Å²) >= 11 is 0. The van der Waals surface area contributed by atoms with Gasteiger partial charge < -0.3 is 10.0 Å². The van der Waals surface area contributed by atoms with Gasteiger partial charge in [0.05, 0.1) is 5.41 Å². The standard InChI is InChI=1S/C19H27NO3/c1-3-4-8-15(2)17(21)20-13-11-19(12-14-20,18(22)23)16-9-6-5-7-10-16/h5-7,9-10,15H,3-4,8,11-14H2,1-2H3,(H,22,23). The maximum atomic E-state index is 12.5. The van der Waals surface area contributed by atoms with E-state index in [0.29, 0.717) is 25.9 Å². The van der Waals surface area contributed by atoms with Crippen LogP contribution in [-0.2, 0) is 15.0 Å². The molecule has 0 aromatic heterocycles. The smallest absolute Gasteiger partial charge is 0.314 e. The van der Waals surface area contributed by atoms with Crippen molar-refractivity contribution >= 4 is 11.9 Å². The number of carbonyl (C=O) groups excluding carboxylic acids is 1. The number of carboxylic acid groups (broad SMARTS) is 1. The van der Waals surface area contributed by atoms with Gasteiger partial charge in [-0.2, -0.15) is 0 Å². The van der Waals surface area contributed by atoms with Crippen LogP contribution in [0.4, 0.5) is 0 Å². The predicted octanol–water partition coefficient (Wildman–Crippen LogP) is 3.46. The largest absolute Gasteiger partial charge is 0.481 e. The summed E-state index contributed by atoms with van der Waals surface area (Å²) in [6.07, 6.45) is 4.03. The number of unbranched alkanes of at least 4 members (excludes halogenated alkanes) is 1. The molecular weight excluding hydrogens is 290 g/mol. The molecule has 4 heteroatoms. The van der Waals surface area contributed by atoms with Crippen LogP contribution >= 0.6 is 0 Å². The zero-order valence-electron chi connectivity index (χ0n) is 14.1. The summed E-state index contributed by atoms with van der Waals surface area (Å²) in [6.45, 7) is 5.15. The number of carbonyl (C=O) groups is 2. The minimum absolute atomic E-state index is 0.0315. The molecule has 1 aliphatic heterocycles. The Bertz CT molecular complexity index is 533. The molecule has 1 unspecified atom stereocenters. The summed E-state index contributed by atoms with van der Waals surface area (Å²) in [5.74, 6) is -0.579. The number of aliphatic carboxylic acids is 1. The molecular formula is C19H27NO3. The van der Waals surface area contributed by atoms with Crippen LogP contribution in [0.25, 0.3) is 0 Å². The highest BCUT2D eigenvalue weighted by Gasteiger charge is 2.44. The summed E-state index contributed by atoms with van der Waals surface area (Å²) < 4.78 is 0. The van der Waals surface area contributed by atoms with Gasteiger partial charge in [0.1, 0.15) is 0 Å². The Kier molecular flexibility index (Phi) is 5.80. The molecule has 0 radical (unpaired) electrons. The third kappa shape index (κ3) is 3.74. The van der Waals surface area contributed by atoms with Crippen LogP contribution in [-0.4, -0.2) is 35.0 Å². The van der Waals surface area contributed by atoms with Crippen molar-refractivity contribution in [3.63, 3.8) is 0 Å². The molecule has 1 N–H and O–H groups in total. The summed E-state index contributed by atoms with van der Waals surface area (Å²) in [7, 11) is 0. The Morgan fingerprint density at radius 3 is 2.35 bits per heavy atom. The molecule has 1 aromatic rings. The van der Waals surface area contributed by atoms with Crippen molar-refractivity contribution in [3.05, 3.63) is 35.9 Å². The van der Waals surface area contributed by atoms with E-state index in [9.17, 15) is 14.7 Å². The number of carboxylic acids is 1. The summed E-state index contributed by atoms with van der Waals surface area (Å²) in [4.78, 5) is 26.3. The Morgan fingerprint density at radius 1 is 1.22 bits per heavy atom. The topological polar surface area (TPSA) is 57.6 Å². The molecule has 23 heavy (non-hydrogen) atoms. The van der Waals surface area contributed by atoms with E-state index in [-0.39, 0.29) is 11.8 Å². The minimum Gasteiger partial charge on any atom is -0.481 e. The quantitative estimate of drug-likeness (QED) is 0.874. The maximum absolute atomic E-state index is 12.5. The third-order valence-electron chi connectivity index (χ3n) is 5.08. The van der Waals surface area contributed by atoms with E-state index in [1.807, 2.05) is 42.2 Å². The Balaban J connectivity index is 2.06. The molecule has 0 bridgehead atoms. The normalized spacial score (nSPS) is 18.4. The first-order chi connectivity index (χ1) is 11.0. The molecule has 1 amide bonds. The lowest BCUT2D eigenvalue weighted by Gasteiger charge is -2.40. The van der Waals surface area contributed by atoms with Gasteiger partial charge in [0, 0.05) is 19.0 Å². The molecule has 1 aromatic carbocycles. The fourth-order valence-electron chi connectivity index (χ4n) is 3.44. The second-order valence-electron chi connectivity index (χ2n) is 6.62. The number of rotatable bonds is 6. The Labute approximate surface area is 138 Å². The molecule has 1 fully saturated rings. The molecule has 1 aliphatic rings. The molecule has 0 saturated carbocycles. The number of amides is 1. The molecule has 1 heterocycles. The van der Waals surface area contributed by atoms with Gasteiger partial charge in [0.15, 0.2) is 0 Å². The van der Waals surface area contributed by atoms with Gasteiger partial charge in [0.25, 0.3) is 0 Å². The van der Waals surface area contributed by atoms with Gasteiger partial charge in [0.2, 0.25) is 5.91 Å². The molecule has 1 atom stereocenters. The summed E-state index contributed by atoms with van der Waals surface area (Å²) in [5, 5.41) is 9.79. The first-order valence-corrected chi connectivity index (χ1v) is 8.59. The first kappa shape index (κ1) is 17.5. The van der Waals surface area contributed by atoms with Gasteiger partial charge in [-0.3, -0.25) is 9.59 Å². The number of hydrogen-bond acceptors (Lipinski definition) is 2. The monoisotopic (exact) mass is 317 g/mol. The molecule has 0 spiro atoms. The highest BCUT2D eigenvalue weighted by atomic mass is 16.4. The molecule has 2 rings (SSSR count). The van der Waals surface area contributed by atoms with Crippen molar-refractivity contribution in [3.8, 4) is 0 Å². The van der Waals surface area contributed by atoms with Crippen LogP contribution in [0.3, 0.4) is 0 Å². The van der Waals surface area contributed by atoms with Crippen LogP contribution in [0.2, 0.25) is 0 Å². The van der Waals surface area contributed by atoms with Gasteiger partial charge >= 0.3 is 5.97 Å². The van der Waals surface area contributed by atoms with E-state index in [1.165, 1.54) is 0 Å². The first-order valence-electron chi connectivity index (χ1n) is 8.59. The van der Waals surface area contributed by atoms with E-state index in [2.05, 4.69) is 6.92 Å². The summed E-state index contributed by atoms with van der Waals surface area (Å²) in [5.41, 5.74) is -0.0105. The third-order valence-corrected chi connectivity index (χ3v) is 5.08. The van der Waals surface area contributed by atoms with E-state index in [4.69, 9.17) is 0 Å². The lowest BCUT2D eigenvalue weighted by molar-refractivity contribution is -0.149. The fraction of sp³-hybridized carbons (Fsp3) is 0.579. The molecule has 0 aliphatic carbocycles. The highest BCUT2D eigenvalue weighted by molar-refractivity contribution is 5.83. The lowest BCUT2D eigenvalue weighted by Crippen LogP contribution is -2.50. The van der Waals surface area contributed by atoms with Crippen LogP contribution < -0.4 is 0 Å². The average Bonchev–Trinajstić information content (AvgIpc) is 2.59. The second-order valence-corrected chi connectivity index (χ2v) is 6.62. The second kappa shape index (κ2) is 7.62. The minimum atomic E-state index is -0.856. The number of hydrogen-bond donors (Lipinski definition) is 1. The predicted molar refractivity (Wildman–Crippen MR) is 90.3 cm³/mol. The Morgan fingerprint density at radius 2 is 1.83 bits per heavy atom. The van der Waals surface area contributed by atoms with Crippen molar-refractivity contribution in [2.45, 2.75) is 51.4 Å². The van der Waals surface area contributed by atoms with Crippen molar-refractivity contribution < 1.29 is 14.7 Å². The van der Waals surface area contributed by atoms with Gasteiger partial charge in [-0.05, 0) is 24.8 Å². The molecule has 4 nitrogen and oxygen atoms in total. The van der Waals surface area contributed by atoms with Crippen LogP contribution in [0, 0.1) is 5.92 Å². The van der Waals surface area contributed by atoms with Crippen molar-refractivity contribution in [1.82, 2.24) is 4.90 Å². The number of likely N-dealkylation sites (tertiary alicyclic amines) is 1. The zero-order valence-corrected chi connectivity index (χ0v) is 14.1. The lowest BCUT2D eigenvalue weighted by atomic mass is 9.72. The molecule has 126 valence electrons. The molecule has 1 saturated heterocycles. The summed E-state index contributed by atoms with van der Waals surface area (Å²) in [6, 6.07) is 9.42. The fourth-order valence-corrected chi connectivity index (χ4v) is 3.44. The van der Waals surface area contributed by atoms with Gasteiger partial charge in [-0.15, -0.1) is 0 Å². The average molecular weight is 317 g/mol. The van der Waals surface area contributed by atoms with Gasteiger partial charge in [-0.1, -0.05) is 57.0 Å². The van der Waals surface area contributed by atoms with Crippen LogP contribution in [0.15, 0.2) is 30.3 Å². The number of piperidine rings is 1.